The Labute approximate surface area is 99.2 Å². The lowest BCUT2D eigenvalue weighted by Gasteiger charge is -2.02. The van der Waals surface area contributed by atoms with Crippen molar-refractivity contribution in [3.05, 3.63) is 29.6 Å². The van der Waals surface area contributed by atoms with Gasteiger partial charge in [-0.2, -0.15) is 14.6 Å². The highest BCUT2D eigenvalue weighted by atomic mass is 19.1. The Balaban J connectivity index is 2.11. The molecule has 0 aliphatic carbocycles. The van der Waals surface area contributed by atoms with E-state index < -0.39 is 0 Å². The average Bonchev–Trinajstić information content (AvgIpc) is 2.82. The Morgan fingerprint density at radius 3 is 2.76 bits per heavy atom. The number of nitrogens with zero attached hydrogens (tertiary/aromatic N) is 4. The molecule has 0 bridgehead atoms. The van der Waals surface area contributed by atoms with E-state index in [0.717, 1.165) is 11.4 Å². The van der Waals surface area contributed by atoms with Gasteiger partial charge >= 0.3 is 0 Å². The van der Waals surface area contributed by atoms with Crippen molar-refractivity contribution in [2.24, 2.45) is 7.05 Å². The molecule has 2 heterocycles. The molecule has 6 heteroatoms. The van der Waals surface area contributed by atoms with Gasteiger partial charge in [-0.1, -0.05) is 0 Å². The van der Waals surface area contributed by atoms with Gasteiger partial charge in [0.25, 0.3) is 0 Å². The highest BCUT2D eigenvalue weighted by Crippen LogP contribution is 2.14. The molecule has 0 spiro atoms. The first-order valence-electron chi connectivity index (χ1n) is 5.56. The smallest absolute Gasteiger partial charge is 0.216 e. The first-order valence-corrected chi connectivity index (χ1v) is 5.56. The third-order valence-electron chi connectivity index (χ3n) is 2.66. The van der Waals surface area contributed by atoms with Crippen molar-refractivity contribution in [2.45, 2.75) is 26.9 Å². The second-order valence-corrected chi connectivity index (χ2v) is 3.93. The Morgan fingerprint density at radius 2 is 2.24 bits per heavy atom. The maximum Gasteiger partial charge on any atom is 0.216 e. The molecule has 0 amide bonds. The zero-order valence-corrected chi connectivity index (χ0v) is 10.2. The summed E-state index contributed by atoms with van der Waals surface area (Å²) in [6, 6.07) is 0. The van der Waals surface area contributed by atoms with E-state index >= 15 is 0 Å². The highest BCUT2D eigenvalue weighted by molar-refractivity contribution is 5.39. The Morgan fingerprint density at radius 1 is 1.47 bits per heavy atom. The van der Waals surface area contributed by atoms with Crippen LogP contribution in [0.25, 0.3) is 0 Å². The van der Waals surface area contributed by atoms with Crippen molar-refractivity contribution in [1.82, 2.24) is 19.6 Å². The van der Waals surface area contributed by atoms with Gasteiger partial charge in [0.2, 0.25) is 5.95 Å². The summed E-state index contributed by atoms with van der Waals surface area (Å²) in [6.45, 7) is 4.65. The van der Waals surface area contributed by atoms with Crippen molar-refractivity contribution in [3.8, 4) is 0 Å². The van der Waals surface area contributed by atoms with Crippen LogP contribution >= 0.6 is 0 Å². The standard InChI is InChI=1S/C11H16FN5/c1-4-17-11(12)10(8(2)15-17)6-13-9-5-14-16(3)7-9/h5,7,13H,4,6H2,1-3H3. The molecule has 2 aromatic rings. The van der Waals surface area contributed by atoms with Gasteiger partial charge in [0, 0.05) is 31.9 Å². The average molecular weight is 237 g/mol. The third-order valence-corrected chi connectivity index (χ3v) is 2.66. The predicted molar refractivity (Wildman–Crippen MR) is 63.1 cm³/mol. The minimum absolute atomic E-state index is 0.263. The van der Waals surface area contributed by atoms with E-state index in [1.165, 1.54) is 4.68 Å². The molecule has 92 valence electrons. The molecule has 5 nitrogen and oxygen atoms in total. The molecular weight excluding hydrogens is 221 g/mol. The van der Waals surface area contributed by atoms with Gasteiger partial charge in [-0.25, -0.2) is 4.68 Å². The molecule has 0 atom stereocenters. The lowest BCUT2D eigenvalue weighted by atomic mass is 10.2. The van der Waals surface area contributed by atoms with Gasteiger partial charge < -0.3 is 5.32 Å². The van der Waals surface area contributed by atoms with Crippen molar-refractivity contribution in [3.63, 3.8) is 0 Å². The molecule has 0 aliphatic rings. The van der Waals surface area contributed by atoms with E-state index in [1.54, 1.807) is 10.9 Å². The second kappa shape index (κ2) is 4.57. The summed E-state index contributed by atoms with van der Waals surface area (Å²) in [4.78, 5) is 0. The summed E-state index contributed by atoms with van der Waals surface area (Å²) in [5.41, 5.74) is 2.20. The van der Waals surface area contributed by atoms with Crippen LogP contribution in [0.2, 0.25) is 0 Å². The number of hydrogen-bond donors (Lipinski definition) is 1. The van der Waals surface area contributed by atoms with Gasteiger partial charge in [-0.05, 0) is 13.8 Å². The van der Waals surface area contributed by atoms with Crippen LogP contribution in [0.3, 0.4) is 0 Å². The summed E-state index contributed by atoms with van der Waals surface area (Å²) >= 11 is 0. The fourth-order valence-corrected chi connectivity index (χ4v) is 1.70. The van der Waals surface area contributed by atoms with Crippen LogP contribution in [0.15, 0.2) is 12.4 Å². The summed E-state index contributed by atoms with van der Waals surface area (Å²) < 4.78 is 16.9. The van der Waals surface area contributed by atoms with E-state index in [1.807, 2.05) is 27.1 Å². The largest absolute Gasteiger partial charge is 0.378 e. The topological polar surface area (TPSA) is 47.7 Å². The zero-order chi connectivity index (χ0) is 12.4. The molecule has 1 N–H and O–H groups in total. The Kier molecular flexibility index (Phi) is 3.12. The van der Waals surface area contributed by atoms with E-state index in [9.17, 15) is 4.39 Å². The van der Waals surface area contributed by atoms with Crippen LogP contribution < -0.4 is 5.32 Å². The minimum atomic E-state index is -0.263. The molecule has 2 rings (SSSR count). The number of hydrogen-bond acceptors (Lipinski definition) is 3. The molecule has 2 aromatic heterocycles. The van der Waals surface area contributed by atoms with Crippen LogP contribution in [0, 0.1) is 12.9 Å². The fraction of sp³-hybridized carbons (Fsp3) is 0.455. The van der Waals surface area contributed by atoms with Crippen molar-refractivity contribution < 1.29 is 4.39 Å². The van der Waals surface area contributed by atoms with Gasteiger partial charge in [-0.15, -0.1) is 0 Å². The predicted octanol–water partition coefficient (Wildman–Crippen LogP) is 1.70. The molecule has 0 saturated carbocycles. The Bertz CT molecular complexity index is 514. The van der Waals surface area contributed by atoms with E-state index in [0.29, 0.717) is 18.7 Å². The van der Waals surface area contributed by atoms with E-state index in [2.05, 4.69) is 15.5 Å². The lowest BCUT2D eigenvalue weighted by molar-refractivity contribution is 0.464. The molecule has 0 aliphatic heterocycles. The first-order chi connectivity index (χ1) is 8.11. The minimum Gasteiger partial charge on any atom is -0.378 e. The van der Waals surface area contributed by atoms with Crippen molar-refractivity contribution in [2.75, 3.05) is 5.32 Å². The summed E-state index contributed by atoms with van der Waals surface area (Å²) in [7, 11) is 1.84. The molecule has 0 unspecified atom stereocenters. The molecule has 17 heavy (non-hydrogen) atoms. The SMILES string of the molecule is CCn1nc(C)c(CNc2cnn(C)c2)c1F. The van der Waals surface area contributed by atoms with Crippen LogP contribution in [0.5, 0.6) is 0 Å². The molecule has 0 fully saturated rings. The maximum absolute atomic E-state index is 13.8. The van der Waals surface area contributed by atoms with Gasteiger partial charge in [-0.3, -0.25) is 4.68 Å². The lowest BCUT2D eigenvalue weighted by Crippen LogP contribution is -2.04. The first kappa shape index (κ1) is 11.6. The van der Waals surface area contributed by atoms with Gasteiger partial charge in [0.05, 0.1) is 17.6 Å². The number of aryl methyl sites for hydroxylation is 3. The number of nitrogens with one attached hydrogen (secondary N) is 1. The van der Waals surface area contributed by atoms with Crippen molar-refractivity contribution >= 4 is 5.69 Å². The van der Waals surface area contributed by atoms with Crippen molar-refractivity contribution in [1.29, 1.82) is 0 Å². The van der Waals surface area contributed by atoms with Crippen LogP contribution in [-0.2, 0) is 20.1 Å². The van der Waals surface area contributed by atoms with Crippen LogP contribution in [0.4, 0.5) is 10.1 Å². The number of halogens is 1. The quantitative estimate of drug-likeness (QED) is 0.880. The van der Waals surface area contributed by atoms with E-state index in [4.69, 9.17) is 0 Å². The zero-order valence-electron chi connectivity index (χ0n) is 10.2. The third kappa shape index (κ3) is 2.30. The monoisotopic (exact) mass is 237 g/mol. The number of anilines is 1. The van der Waals surface area contributed by atoms with Gasteiger partial charge in [0.15, 0.2) is 0 Å². The fourth-order valence-electron chi connectivity index (χ4n) is 1.70. The van der Waals surface area contributed by atoms with Crippen LogP contribution in [-0.4, -0.2) is 19.6 Å². The number of rotatable bonds is 4. The summed E-state index contributed by atoms with van der Waals surface area (Å²) in [5, 5.41) is 11.3. The van der Waals surface area contributed by atoms with Gasteiger partial charge in [0.1, 0.15) is 0 Å². The summed E-state index contributed by atoms with van der Waals surface area (Å²) in [5.74, 6) is -0.263. The Hall–Kier alpha value is -1.85. The molecule has 0 aromatic carbocycles. The van der Waals surface area contributed by atoms with E-state index in [-0.39, 0.29) is 5.95 Å². The molecular formula is C11H16FN5. The summed E-state index contributed by atoms with van der Waals surface area (Å²) in [6.07, 6.45) is 3.55. The normalized spacial score (nSPS) is 10.8. The maximum atomic E-state index is 13.8. The van der Waals surface area contributed by atoms with Crippen LogP contribution in [0.1, 0.15) is 18.2 Å². The molecule has 0 saturated heterocycles. The second-order valence-electron chi connectivity index (χ2n) is 3.93. The highest BCUT2D eigenvalue weighted by Gasteiger charge is 2.13. The molecule has 0 radical (unpaired) electrons. The number of aromatic nitrogens is 4.